The number of benzene rings is 1. The summed E-state index contributed by atoms with van der Waals surface area (Å²) in [6, 6.07) is 5.72. The van der Waals surface area contributed by atoms with Crippen molar-refractivity contribution in [2.75, 3.05) is 10.5 Å². The zero-order valence-electron chi connectivity index (χ0n) is 11.4. The fraction of sp³-hybridized carbons (Fsp3) is 0.286. The molecule has 7 heteroatoms. The van der Waals surface area contributed by atoms with Gasteiger partial charge in [0, 0.05) is 0 Å². The van der Waals surface area contributed by atoms with Crippen LogP contribution in [0.1, 0.15) is 24.0 Å². The van der Waals surface area contributed by atoms with E-state index < -0.39 is 10.0 Å². The summed E-state index contributed by atoms with van der Waals surface area (Å²) in [6.07, 6.45) is 6.54. The van der Waals surface area contributed by atoms with E-state index in [1.165, 1.54) is 18.0 Å². The number of nitrogens with one attached hydrogen (secondary N) is 1. The predicted octanol–water partition coefficient (Wildman–Crippen LogP) is 1.74. The third-order valence-corrected chi connectivity index (χ3v) is 4.92. The van der Waals surface area contributed by atoms with Crippen molar-refractivity contribution in [1.29, 1.82) is 0 Å². The number of hydrogen-bond acceptors (Lipinski definition) is 5. The largest absolute Gasteiger partial charge is 0.368 e. The first-order valence-corrected chi connectivity index (χ1v) is 8.26. The number of nitrogens with two attached hydrogens (primary N) is 1. The summed E-state index contributed by atoms with van der Waals surface area (Å²) < 4.78 is 27.4. The number of nitrogen functional groups attached to an aromatic ring is 1. The van der Waals surface area contributed by atoms with Gasteiger partial charge in [-0.05, 0) is 42.9 Å². The topological polar surface area (TPSA) is 98.0 Å². The monoisotopic (exact) mass is 304 g/mol. The maximum absolute atomic E-state index is 12.4. The van der Waals surface area contributed by atoms with Crippen molar-refractivity contribution in [2.45, 2.75) is 30.6 Å². The van der Waals surface area contributed by atoms with E-state index in [9.17, 15) is 8.42 Å². The van der Waals surface area contributed by atoms with Crippen LogP contribution in [-0.2, 0) is 22.9 Å². The summed E-state index contributed by atoms with van der Waals surface area (Å²) in [5, 5.41) is 0. The standard InChI is InChI=1S/C14H16N4O2S/c15-14-16-8-11(9-17-14)21(19,20)18-13-7-3-5-10-4-1-2-6-12(10)13/h3,5,7-9,18H,1-2,4,6H2,(H2,15,16,17). The average Bonchev–Trinajstić information content (AvgIpc) is 2.48. The van der Waals surface area contributed by atoms with Gasteiger partial charge in [-0.1, -0.05) is 12.1 Å². The Labute approximate surface area is 123 Å². The Hall–Kier alpha value is -2.15. The minimum Gasteiger partial charge on any atom is -0.368 e. The Kier molecular flexibility index (Phi) is 3.50. The highest BCUT2D eigenvalue weighted by atomic mass is 32.2. The fourth-order valence-electron chi connectivity index (χ4n) is 2.55. The number of anilines is 2. The molecule has 0 atom stereocenters. The van der Waals surface area contributed by atoms with Crippen LogP contribution in [0.2, 0.25) is 0 Å². The van der Waals surface area contributed by atoms with Crippen LogP contribution in [0.15, 0.2) is 35.5 Å². The highest BCUT2D eigenvalue weighted by Crippen LogP contribution is 2.29. The van der Waals surface area contributed by atoms with Gasteiger partial charge in [0.25, 0.3) is 10.0 Å². The van der Waals surface area contributed by atoms with Crippen molar-refractivity contribution >= 4 is 21.7 Å². The zero-order chi connectivity index (χ0) is 14.9. The normalized spacial score (nSPS) is 14.5. The lowest BCUT2D eigenvalue weighted by Crippen LogP contribution is -2.16. The molecule has 0 saturated heterocycles. The van der Waals surface area contributed by atoms with Crippen LogP contribution < -0.4 is 10.5 Å². The van der Waals surface area contributed by atoms with Crippen molar-refractivity contribution in [3.63, 3.8) is 0 Å². The highest BCUT2D eigenvalue weighted by molar-refractivity contribution is 7.92. The van der Waals surface area contributed by atoms with Crippen LogP contribution in [0, 0.1) is 0 Å². The maximum Gasteiger partial charge on any atom is 0.264 e. The number of aromatic nitrogens is 2. The molecule has 2 aromatic rings. The minimum atomic E-state index is -3.69. The van der Waals surface area contributed by atoms with Gasteiger partial charge in [-0.25, -0.2) is 18.4 Å². The highest BCUT2D eigenvalue weighted by Gasteiger charge is 2.19. The molecule has 0 amide bonds. The molecule has 21 heavy (non-hydrogen) atoms. The van der Waals surface area contributed by atoms with Crippen molar-refractivity contribution in [2.24, 2.45) is 0 Å². The summed E-state index contributed by atoms with van der Waals surface area (Å²) >= 11 is 0. The smallest absolute Gasteiger partial charge is 0.264 e. The van der Waals surface area contributed by atoms with Crippen molar-refractivity contribution in [3.8, 4) is 0 Å². The lowest BCUT2D eigenvalue weighted by Gasteiger charge is -2.20. The molecule has 6 nitrogen and oxygen atoms in total. The van der Waals surface area contributed by atoms with Gasteiger partial charge in [0.05, 0.1) is 18.1 Å². The van der Waals surface area contributed by atoms with E-state index in [1.807, 2.05) is 6.07 Å². The van der Waals surface area contributed by atoms with E-state index in [-0.39, 0.29) is 10.8 Å². The summed E-state index contributed by atoms with van der Waals surface area (Å²) in [6.45, 7) is 0. The molecule has 0 saturated carbocycles. The first kappa shape index (κ1) is 13.8. The number of nitrogens with zero attached hydrogens (tertiary/aromatic N) is 2. The number of aryl methyl sites for hydroxylation is 1. The van der Waals surface area contributed by atoms with Gasteiger partial charge in [0.2, 0.25) is 5.95 Å². The van der Waals surface area contributed by atoms with Crippen LogP contribution in [0.5, 0.6) is 0 Å². The second-order valence-electron chi connectivity index (χ2n) is 5.03. The van der Waals surface area contributed by atoms with Crippen LogP contribution in [-0.4, -0.2) is 18.4 Å². The third-order valence-electron chi connectivity index (χ3n) is 3.60. The number of hydrogen-bond donors (Lipinski definition) is 2. The van der Waals surface area contributed by atoms with Crippen molar-refractivity contribution in [3.05, 3.63) is 41.7 Å². The molecular weight excluding hydrogens is 288 g/mol. The van der Waals surface area contributed by atoms with Gasteiger partial charge in [0.1, 0.15) is 4.90 Å². The summed E-state index contributed by atoms with van der Waals surface area (Å²) in [7, 11) is -3.69. The quantitative estimate of drug-likeness (QED) is 0.900. The van der Waals surface area contributed by atoms with E-state index >= 15 is 0 Å². The Bertz CT molecular complexity index is 757. The Morgan fingerprint density at radius 1 is 1.10 bits per heavy atom. The second-order valence-corrected chi connectivity index (χ2v) is 6.72. The van der Waals surface area contributed by atoms with Gasteiger partial charge in [-0.2, -0.15) is 0 Å². The molecule has 1 heterocycles. The molecule has 0 spiro atoms. The lowest BCUT2D eigenvalue weighted by atomic mass is 9.91. The van der Waals surface area contributed by atoms with Crippen LogP contribution >= 0.6 is 0 Å². The minimum absolute atomic E-state index is 0.00473. The van der Waals surface area contributed by atoms with E-state index in [4.69, 9.17) is 5.73 Å². The molecule has 1 aromatic carbocycles. The SMILES string of the molecule is Nc1ncc(S(=O)(=O)Nc2cccc3c2CCCC3)cn1. The third kappa shape index (κ3) is 2.82. The van der Waals surface area contributed by atoms with Crippen molar-refractivity contribution < 1.29 is 8.42 Å². The zero-order valence-corrected chi connectivity index (χ0v) is 12.2. The lowest BCUT2D eigenvalue weighted by molar-refractivity contribution is 0.600. The van der Waals surface area contributed by atoms with Crippen LogP contribution in [0.3, 0.4) is 0 Å². The molecule has 3 rings (SSSR count). The van der Waals surface area contributed by atoms with Crippen LogP contribution in [0.25, 0.3) is 0 Å². The van der Waals surface area contributed by atoms with E-state index in [0.717, 1.165) is 31.2 Å². The molecule has 1 aromatic heterocycles. The van der Waals surface area contributed by atoms with E-state index in [1.54, 1.807) is 6.07 Å². The molecule has 0 radical (unpaired) electrons. The number of rotatable bonds is 3. The summed E-state index contributed by atoms with van der Waals surface area (Å²) in [5.74, 6) is 0.0473. The first-order valence-electron chi connectivity index (χ1n) is 6.77. The summed E-state index contributed by atoms with van der Waals surface area (Å²) in [5.41, 5.74) is 8.32. The van der Waals surface area contributed by atoms with Gasteiger partial charge >= 0.3 is 0 Å². The molecule has 1 aliphatic carbocycles. The maximum atomic E-state index is 12.4. The average molecular weight is 304 g/mol. The first-order chi connectivity index (χ1) is 10.1. The predicted molar refractivity (Wildman–Crippen MR) is 80.3 cm³/mol. The van der Waals surface area contributed by atoms with Crippen LogP contribution in [0.4, 0.5) is 11.6 Å². The molecule has 0 bridgehead atoms. The van der Waals surface area contributed by atoms with E-state index in [2.05, 4.69) is 20.8 Å². The van der Waals surface area contributed by atoms with Gasteiger partial charge in [-0.15, -0.1) is 0 Å². The fourth-order valence-corrected chi connectivity index (χ4v) is 3.53. The molecule has 0 unspecified atom stereocenters. The molecule has 3 N–H and O–H groups in total. The van der Waals surface area contributed by atoms with Gasteiger partial charge < -0.3 is 5.73 Å². The molecule has 0 fully saturated rings. The molecular formula is C14H16N4O2S. The number of fused-ring (bicyclic) bond motifs is 1. The Morgan fingerprint density at radius 3 is 2.57 bits per heavy atom. The molecule has 110 valence electrons. The van der Waals surface area contributed by atoms with E-state index in [0.29, 0.717) is 5.69 Å². The van der Waals surface area contributed by atoms with Crippen molar-refractivity contribution in [1.82, 2.24) is 9.97 Å². The second kappa shape index (κ2) is 5.33. The molecule has 0 aliphatic heterocycles. The Morgan fingerprint density at radius 2 is 1.81 bits per heavy atom. The van der Waals surface area contributed by atoms with Gasteiger partial charge in [-0.3, -0.25) is 4.72 Å². The summed E-state index contributed by atoms with van der Waals surface area (Å²) in [4.78, 5) is 7.45. The Balaban J connectivity index is 1.94. The number of sulfonamides is 1. The van der Waals surface area contributed by atoms with Gasteiger partial charge in [0.15, 0.2) is 0 Å². The molecule has 1 aliphatic rings.